The van der Waals surface area contributed by atoms with Crippen LogP contribution in [0, 0.1) is 0 Å². The summed E-state index contributed by atoms with van der Waals surface area (Å²) >= 11 is 0. The fourth-order valence-corrected chi connectivity index (χ4v) is 0.915. The van der Waals surface area contributed by atoms with E-state index in [0.29, 0.717) is 5.52 Å². The lowest BCUT2D eigenvalue weighted by Crippen LogP contribution is -2.00. The van der Waals surface area contributed by atoms with E-state index < -0.39 is 0 Å². The highest BCUT2D eigenvalue weighted by Gasteiger charge is 1.95. The van der Waals surface area contributed by atoms with E-state index in [1.165, 1.54) is 6.20 Å². The van der Waals surface area contributed by atoms with Gasteiger partial charge in [-0.3, -0.25) is 9.89 Å². The fourth-order valence-electron chi connectivity index (χ4n) is 0.915. The molecule has 2 aromatic rings. The van der Waals surface area contributed by atoms with E-state index >= 15 is 0 Å². The van der Waals surface area contributed by atoms with Gasteiger partial charge in [0.2, 0.25) is 0 Å². The molecule has 2 heterocycles. The van der Waals surface area contributed by atoms with Gasteiger partial charge in [-0.25, -0.2) is 4.98 Å². The number of hydrogen-bond acceptors (Lipinski definition) is 3. The van der Waals surface area contributed by atoms with E-state index in [0.717, 1.165) is 5.39 Å². The van der Waals surface area contributed by atoms with Gasteiger partial charge in [0.05, 0.1) is 6.20 Å². The average molecular weight is 147 g/mol. The predicted molar refractivity (Wildman–Crippen MR) is 40.2 cm³/mol. The molecule has 0 aliphatic carbocycles. The van der Waals surface area contributed by atoms with Gasteiger partial charge in [-0.1, -0.05) is 0 Å². The molecule has 0 bridgehead atoms. The van der Waals surface area contributed by atoms with Crippen LogP contribution in [0.15, 0.2) is 29.3 Å². The third-order valence-corrected chi connectivity index (χ3v) is 1.44. The first-order valence-electron chi connectivity index (χ1n) is 3.16. The molecule has 0 amide bonds. The van der Waals surface area contributed by atoms with Crippen molar-refractivity contribution in [3.8, 4) is 0 Å². The van der Waals surface area contributed by atoms with Crippen LogP contribution in [0.2, 0.25) is 0 Å². The van der Waals surface area contributed by atoms with Crippen molar-refractivity contribution in [2.45, 2.75) is 0 Å². The van der Waals surface area contributed by atoms with Crippen LogP contribution in [-0.4, -0.2) is 15.2 Å². The Hall–Kier alpha value is -1.71. The Bertz CT molecular complexity index is 435. The summed E-state index contributed by atoms with van der Waals surface area (Å²) in [6.45, 7) is 0. The zero-order chi connectivity index (χ0) is 7.68. The Morgan fingerprint density at radius 2 is 2.36 bits per heavy atom. The molecule has 0 saturated carbocycles. The Balaban J connectivity index is 3.09. The third-order valence-electron chi connectivity index (χ3n) is 1.44. The van der Waals surface area contributed by atoms with Gasteiger partial charge in [-0.05, 0) is 12.1 Å². The fraction of sp³-hybridized carbons (Fsp3) is 0. The molecule has 1 N–H and O–H groups in total. The largest absolute Gasteiger partial charge is 0.295 e. The highest BCUT2D eigenvalue weighted by Crippen LogP contribution is 2.00. The third kappa shape index (κ3) is 0.881. The summed E-state index contributed by atoms with van der Waals surface area (Å²) in [6, 6.07) is 3.49. The number of hydrogen-bond donors (Lipinski definition) is 1. The van der Waals surface area contributed by atoms with Crippen molar-refractivity contribution < 1.29 is 0 Å². The zero-order valence-corrected chi connectivity index (χ0v) is 5.61. The lowest BCUT2D eigenvalue weighted by atomic mass is 10.4. The number of aromatic amines is 1. The van der Waals surface area contributed by atoms with Gasteiger partial charge in [0.25, 0.3) is 5.56 Å². The van der Waals surface area contributed by atoms with Crippen LogP contribution in [0.3, 0.4) is 0 Å². The molecule has 0 aliphatic heterocycles. The van der Waals surface area contributed by atoms with Crippen LogP contribution >= 0.6 is 0 Å². The first-order chi connectivity index (χ1) is 5.38. The molecule has 0 radical (unpaired) electrons. The molecular formula is C7H5N3O. The summed E-state index contributed by atoms with van der Waals surface area (Å²) in [5.74, 6) is 0. The van der Waals surface area contributed by atoms with E-state index in [1.807, 2.05) is 0 Å². The molecule has 0 saturated heterocycles. The number of nitrogens with zero attached hydrogens (tertiary/aromatic N) is 2. The molecule has 2 rings (SSSR count). The molecule has 0 aliphatic rings. The first kappa shape index (κ1) is 6.03. The minimum absolute atomic E-state index is 0.275. The second-order valence-electron chi connectivity index (χ2n) is 2.14. The van der Waals surface area contributed by atoms with Gasteiger partial charge in [0.15, 0.2) is 0 Å². The molecule has 11 heavy (non-hydrogen) atoms. The van der Waals surface area contributed by atoms with Gasteiger partial charge in [0, 0.05) is 11.6 Å². The maximum Gasteiger partial charge on any atom is 0.295 e. The van der Waals surface area contributed by atoms with Crippen molar-refractivity contribution in [2.75, 3.05) is 0 Å². The van der Waals surface area contributed by atoms with Crippen LogP contribution < -0.4 is 5.56 Å². The number of aromatic nitrogens is 3. The van der Waals surface area contributed by atoms with Crippen LogP contribution in [-0.2, 0) is 0 Å². The molecule has 0 atom stereocenters. The predicted octanol–water partition coefficient (Wildman–Crippen LogP) is 0.318. The van der Waals surface area contributed by atoms with E-state index in [4.69, 9.17) is 0 Å². The smallest absolute Gasteiger partial charge is 0.272 e. The lowest BCUT2D eigenvalue weighted by molar-refractivity contribution is 1.10. The molecular weight excluding hydrogens is 142 g/mol. The van der Waals surface area contributed by atoms with Crippen molar-refractivity contribution in [3.63, 3.8) is 0 Å². The molecule has 0 fully saturated rings. The Kier molecular flexibility index (Phi) is 1.18. The van der Waals surface area contributed by atoms with Gasteiger partial charge in [0.1, 0.15) is 5.52 Å². The Morgan fingerprint density at radius 1 is 1.45 bits per heavy atom. The van der Waals surface area contributed by atoms with Crippen molar-refractivity contribution in [1.29, 1.82) is 0 Å². The Morgan fingerprint density at radius 3 is 3.27 bits per heavy atom. The molecule has 54 valence electrons. The first-order valence-corrected chi connectivity index (χ1v) is 3.16. The maximum absolute atomic E-state index is 11.1. The molecule has 4 nitrogen and oxygen atoms in total. The highest BCUT2D eigenvalue weighted by atomic mass is 16.1. The summed E-state index contributed by atoms with van der Waals surface area (Å²) in [4.78, 5) is 14.7. The van der Waals surface area contributed by atoms with Crippen molar-refractivity contribution in [3.05, 3.63) is 34.9 Å². The van der Waals surface area contributed by atoms with Crippen LogP contribution in [0.1, 0.15) is 0 Å². The Labute approximate surface area is 61.9 Å². The molecule has 0 aromatic carbocycles. The summed E-state index contributed by atoms with van der Waals surface area (Å²) < 4.78 is 0. The minimum atomic E-state index is -0.275. The summed E-state index contributed by atoms with van der Waals surface area (Å²) in [5, 5.41) is 7.09. The van der Waals surface area contributed by atoms with E-state index in [1.54, 1.807) is 18.3 Å². The number of H-pyrrole nitrogens is 1. The SMILES string of the molecule is O=c1ncccc2cn[nH]c12. The van der Waals surface area contributed by atoms with Crippen LogP contribution in [0.25, 0.3) is 10.9 Å². The van der Waals surface area contributed by atoms with Crippen molar-refractivity contribution in [1.82, 2.24) is 15.2 Å². The highest BCUT2D eigenvalue weighted by molar-refractivity contribution is 5.75. The van der Waals surface area contributed by atoms with E-state index in [-0.39, 0.29) is 5.56 Å². The second kappa shape index (κ2) is 2.16. The number of rotatable bonds is 0. The monoisotopic (exact) mass is 147 g/mol. The average Bonchev–Trinajstić information content (AvgIpc) is 2.40. The quantitative estimate of drug-likeness (QED) is 0.583. The summed E-state index contributed by atoms with van der Waals surface area (Å²) in [6.07, 6.45) is 3.06. The standard InChI is InChI=1S/C7H5N3O/c11-7-6-5(4-9-10-6)2-1-3-8-7/h1-4H,(H,9,10). The second-order valence-corrected chi connectivity index (χ2v) is 2.14. The minimum Gasteiger partial charge on any atom is -0.272 e. The number of nitrogens with one attached hydrogen (secondary N) is 1. The molecule has 0 unspecified atom stereocenters. The summed E-state index contributed by atoms with van der Waals surface area (Å²) in [5.41, 5.74) is 0.178. The molecule has 0 spiro atoms. The van der Waals surface area contributed by atoms with Gasteiger partial charge < -0.3 is 0 Å². The maximum atomic E-state index is 11.1. The van der Waals surface area contributed by atoms with Gasteiger partial charge >= 0.3 is 0 Å². The molecule has 4 heteroatoms. The van der Waals surface area contributed by atoms with E-state index in [9.17, 15) is 4.79 Å². The molecule has 2 aromatic heterocycles. The van der Waals surface area contributed by atoms with Crippen LogP contribution in [0.5, 0.6) is 0 Å². The van der Waals surface area contributed by atoms with Gasteiger partial charge in [-0.2, -0.15) is 5.10 Å². The lowest BCUT2D eigenvalue weighted by Gasteiger charge is -1.71. The van der Waals surface area contributed by atoms with E-state index in [2.05, 4.69) is 15.2 Å². The summed E-state index contributed by atoms with van der Waals surface area (Å²) in [7, 11) is 0. The van der Waals surface area contributed by atoms with Crippen molar-refractivity contribution in [2.24, 2.45) is 0 Å². The number of fused-ring (bicyclic) bond motifs is 1. The zero-order valence-electron chi connectivity index (χ0n) is 5.61. The van der Waals surface area contributed by atoms with Crippen molar-refractivity contribution >= 4 is 10.9 Å². The van der Waals surface area contributed by atoms with Crippen LogP contribution in [0.4, 0.5) is 0 Å². The normalized spacial score (nSPS) is 10.2. The van der Waals surface area contributed by atoms with Gasteiger partial charge in [-0.15, -0.1) is 0 Å². The topological polar surface area (TPSA) is 58.6 Å².